The number of nitrogens with zero attached hydrogens (tertiary/aromatic N) is 1. The molecule has 4 nitrogen and oxygen atoms in total. The molecule has 0 aromatic rings. The van der Waals surface area contributed by atoms with Crippen LogP contribution in [-0.2, 0) is 9.59 Å². The Morgan fingerprint density at radius 2 is 1.62 bits per heavy atom. The van der Waals surface area contributed by atoms with Crippen LogP contribution in [0.2, 0.25) is 0 Å². The number of hydrogen-bond acceptors (Lipinski definition) is 2. The highest BCUT2D eigenvalue weighted by molar-refractivity contribution is 6.12. The summed E-state index contributed by atoms with van der Waals surface area (Å²) in [6, 6.07) is 0. The lowest BCUT2D eigenvalue weighted by atomic mass is 10.6. The maximum Gasteiger partial charge on any atom is 0.258 e. The Bertz CT molecular complexity index is 312. The normalized spacial score (nSPS) is 21.1. The first-order chi connectivity index (χ1) is 6.27. The zero-order valence-corrected chi connectivity index (χ0v) is 6.93. The summed E-state index contributed by atoms with van der Waals surface area (Å²) in [4.78, 5) is 24.5. The average molecular weight is 177 g/mol. The van der Waals surface area contributed by atoms with Crippen molar-refractivity contribution in [1.82, 2.24) is 4.90 Å². The van der Waals surface area contributed by atoms with E-state index in [1.165, 1.54) is 17.1 Å². The van der Waals surface area contributed by atoms with Crippen LogP contribution in [-0.4, -0.2) is 23.4 Å². The predicted molar refractivity (Wildman–Crippen MR) is 45.1 cm³/mol. The molecule has 0 atom stereocenters. The van der Waals surface area contributed by atoms with Gasteiger partial charge in [-0.05, 0) is 12.2 Å². The molecule has 2 aliphatic heterocycles. The zero-order valence-electron chi connectivity index (χ0n) is 6.93. The summed E-state index contributed by atoms with van der Waals surface area (Å²) >= 11 is 0. The van der Waals surface area contributed by atoms with Gasteiger partial charge in [0.05, 0.1) is 0 Å². The van der Waals surface area contributed by atoms with Gasteiger partial charge in [-0.2, -0.15) is 0 Å². The molecule has 2 heterocycles. The first-order valence-corrected chi connectivity index (χ1v) is 4.01. The minimum Gasteiger partial charge on any atom is -0.269 e. The van der Waals surface area contributed by atoms with Crippen molar-refractivity contribution in [2.75, 3.05) is 6.67 Å². The second kappa shape index (κ2) is 2.99. The zero-order chi connectivity index (χ0) is 9.26. The van der Waals surface area contributed by atoms with Gasteiger partial charge in [0.15, 0.2) is 6.67 Å². The molecule has 0 saturated heterocycles. The third-order valence-corrected chi connectivity index (χ3v) is 1.97. The first kappa shape index (κ1) is 7.94. The predicted octanol–water partition coefficient (Wildman–Crippen LogP) is -1.21. The lowest BCUT2D eigenvalue weighted by Gasteiger charge is -2.15. The highest BCUT2D eigenvalue weighted by atomic mass is 16.2. The van der Waals surface area contributed by atoms with Gasteiger partial charge in [0, 0.05) is 12.2 Å². The Balaban J connectivity index is 2.02. The molecule has 2 aliphatic rings. The molecule has 0 spiro atoms. The van der Waals surface area contributed by atoms with Gasteiger partial charge in [-0.15, -0.1) is 0 Å². The number of hydrogen-bond donors (Lipinski definition) is 1. The third-order valence-electron chi connectivity index (χ3n) is 1.97. The molecule has 2 rings (SSSR count). The molecule has 0 bridgehead atoms. The molecular weight excluding hydrogens is 168 g/mol. The van der Waals surface area contributed by atoms with Crippen LogP contribution in [0.5, 0.6) is 0 Å². The quantitative estimate of drug-likeness (QED) is 0.538. The lowest BCUT2D eigenvalue weighted by molar-refractivity contribution is -0.796. The second-order valence-corrected chi connectivity index (χ2v) is 2.89. The van der Waals surface area contributed by atoms with Gasteiger partial charge < -0.3 is 0 Å². The SMILES string of the molecule is O=C1C=CC(=O)N1C[NH+]1C=CC=C1. The number of rotatable bonds is 2. The number of nitrogens with one attached hydrogen (secondary N) is 1. The fourth-order valence-corrected chi connectivity index (χ4v) is 1.29. The summed E-state index contributed by atoms with van der Waals surface area (Å²) in [6.07, 6.45) is 10.1. The molecule has 0 aromatic carbocycles. The largest absolute Gasteiger partial charge is 0.269 e. The highest BCUT2D eigenvalue weighted by Crippen LogP contribution is 2.00. The van der Waals surface area contributed by atoms with E-state index in [9.17, 15) is 9.59 Å². The fourth-order valence-electron chi connectivity index (χ4n) is 1.29. The first-order valence-electron chi connectivity index (χ1n) is 4.01. The van der Waals surface area contributed by atoms with Crippen LogP contribution in [0.15, 0.2) is 36.7 Å². The molecule has 0 fully saturated rings. The van der Waals surface area contributed by atoms with Crippen LogP contribution >= 0.6 is 0 Å². The maximum atomic E-state index is 11.1. The molecule has 1 N–H and O–H groups in total. The lowest BCUT2D eigenvalue weighted by Crippen LogP contribution is -3.04. The Morgan fingerprint density at radius 1 is 1.08 bits per heavy atom. The monoisotopic (exact) mass is 177 g/mol. The summed E-state index contributed by atoms with van der Waals surface area (Å²) in [6.45, 7) is 0.373. The van der Waals surface area contributed by atoms with Crippen molar-refractivity contribution >= 4 is 11.8 Å². The number of carbonyl (C=O) groups is 2. The minimum absolute atomic E-state index is 0.230. The molecular formula is C9H9N2O2+. The van der Waals surface area contributed by atoms with Crippen LogP contribution < -0.4 is 4.90 Å². The number of allylic oxidation sites excluding steroid dienone is 2. The van der Waals surface area contributed by atoms with E-state index in [-0.39, 0.29) is 11.8 Å². The molecule has 13 heavy (non-hydrogen) atoms. The molecule has 2 amide bonds. The summed E-state index contributed by atoms with van der Waals surface area (Å²) in [5, 5.41) is 0. The van der Waals surface area contributed by atoms with Crippen LogP contribution in [0.1, 0.15) is 0 Å². The molecule has 0 saturated carbocycles. The molecule has 4 heteroatoms. The number of amides is 2. The molecule has 0 aromatic heterocycles. The Kier molecular flexibility index (Phi) is 1.83. The van der Waals surface area contributed by atoms with E-state index in [1.807, 2.05) is 24.6 Å². The number of carbonyl (C=O) groups excluding carboxylic acids is 2. The van der Waals surface area contributed by atoms with E-state index in [0.717, 1.165) is 4.90 Å². The molecule has 0 unspecified atom stereocenters. The van der Waals surface area contributed by atoms with E-state index in [4.69, 9.17) is 0 Å². The highest BCUT2D eigenvalue weighted by Gasteiger charge is 2.26. The average Bonchev–Trinajstić information content (AvgIpc) is 2.70. The maximum absolute atomic E-state index is 11.1. The van der Waals surface area contributed by atoms with Gasteiger partial charge in [-0.3, -0.25) is 14.5 Å². The van der Waals surface area contributed by atoms with Crippen molar-refractivity contribution in [3.63, 3.8) is 0 Å². The van der Waals surface area contributed by atoms with Crippen molar-refractivity contribution < 1.29 is 14.5 Å². The third kappa shape index (κ3) is 1.43. The van der Waals surface area contributed by atoms with Crippen LogP contribution in [0.4, 0.5) is 0 Å². The van der Waals surface area contributed by atoms with Crippen molar-refractivity contribution in [3.05, 3.63) is 36.7 Å². The number of imide groups is 1. The summed E-state index contributed by atoms with van der Waals surface area (Å²) in [5.41, 5.74) is 0. The smallest absolute Gasteiger partial charge is 0.258 e. The van der Waals surface area contributed by atoms with E-state index in [0.29, 0.717) is 6.67 Å². The Morgan fingerprint density at radius 3 is 2.15 bits per heavy atom. The second-order valence-electron chi connectivity index (χ2n) is 2.89. The summed E-state index contributed by atoms with van der Waals surface area (Å²) in [5.74, 6) is -0.461. The van der Waals surface area contributed by atoms with Crippen molar-refractivity contribution in [3.8, 4) is 0 Å². The van der Waals surface area contributed by atoms with E-state index >= 15 is 0 Å². The van der Waals surface area contributed by atoms with E-state index in [2.05, 4.69) is 0 Å². The molecule has 0 aliphatic carbocycles. The topological polar surface area (TPSA) is 41.8 Å². The van der Waals surface area contributed by atoms with Gasteiger partial charge in [0.25, 0.3) is 11.8 Å². The molecule has 0 radical (unpaired) electrons. The van der Waals surface area contributed by atoms with E-state index < -0.39 is 0 Å². The summed E-state index contributed by atoms with van der Waals surface area (Å²) < 4.78 is 0. The van der Waals surface area contributed by atoms with Crippen molar-refractivity contribution in [2.24, 2.45) is 0 Å². The van der Waals surface area contributed by atoms with Gasteiger partial charge in [-0.25, -0.2) is 4.90 Å². The van der Waals surface area contributed by atoms with Crippen LogP contribution in [0.25, 0.3) is 0 Å². The van der Waals surface area contributed by atoms with Crippen molar-refractivity contribution in [2.45, 2.75) is 0 Å². The van der Waals surface area contributed by atoms with Crippen LogP contribution in [0.3, 0.4) is 0 Å². The van der Waals surface area contributed by atoms with Crippen LogP contribution in [0, 0.1) is 0 Å². The Hall–Kier alpha value is -1.68. The minimum atomic E-state index is -0.230. The van der Waals surface area contributed by atoms with Crippen molar-refractivity contribution in [1.29, 1.82) is 0 Å². The standard InChI is InChI=1S/C9H8N2O2/c12-8-3-4-9(13)11(8)7-10-5-1-2-6-10/h1-6H,7H2/p+1. The number of quaternary nitrogens is 1. The Labute approximate surface area is 75.4 Å². The van der Waals surface area contributed by atoms with Gasteiger partial charge >= 0.3 is 0 Å². The van der Waals surface area contributed by atoms with Gasteiger partial charge in [0.1, 0.15) is 12.4 Å². The molecule has 66 valence electrons. The van der Waals surface area contributed by atoms with E-state index in [1.54, 1.807) is 0 Å². The van der Waals surface area contributed by atoms with Gasteiger partial charge in [-0.1, -0.05) is 0 Å². The van der Waals surface area contributed by atoms with Gasteiger partial charge in [0.2, 0.25) is 0 Å². The summed E-state index contributed by atoms with van der Waals surface area (Å²) in [7, 11) is 0. The fraction of sp³-hybridized carbons (Fsp3) is 0.111.